The van der Waals surface area contributed by atoms with Gasteiger partial charge in [0.15, 0.2) is 5.82 Å². The highest BCUT2D eigenvalue weighted by atomic mass is 35.5. The summed E-state index contributed by atoms with van der Waals surface area (Å²) in [6, 6.07) is 14.7. The molecule has 0 aliphatic heterocycles. The van der Waals surface area contributed by atoms with Crippen LogP contribution in [0, 0.1) is 13.8 Å². The van der Waals surface area contributed by atoms with Gasteiger partial charge in [0.1, 0.15) is 12.2 Å². The predicted octanol–water partition coefficient (Wildman–Crippen LogP) is 5.99. The molecule has 1 atom stereocenters. The van der Waals surface area contributed by atoms with E-state index in [1.54, 1.807) is 19.1 Å². The maximum Gasteiger partial charge on any atom is 0.455 e. The fourth-order valence-corrected chi connectivity index (χ4v) is 5.10. The summed E-state index contributed by atoms with van der Waals surface area (Å²) in [4.78, 5) is 32.2. The average Bonchev–Trinajstić information content (AvgIpc) is 3.62. The minimum atomic E-state index is -4.79. The SMILES string of the molecule is Cc1ccccc1C(C)NC(=O)c1cc(Cl)cc(C)c1NC(=O)c1cc(Cn2nnc(C(F)(F)F)n2)nn1-c1ncccc1Cl. The van der Waals surface area contributed by atoms with Crippen LogP contribution in [0.5, 0.6) is 0 Å². The number of nitrogens with one attached hydrogen (secondary N) is 2. The molecule has 0 saturated heterocycles. The number of rotatable bonds is 8. The number of benzene rings is 2. The number of pyridine rings is 1. The van der Waals surface area contributed by atoms with E-state index in [0.29, 0.717) is 10.4 Å². The Morgan fingerprint density at radius 2 is 1.73 bits per heavy atom. The number of nitrogens with zero attached hydrogens (tertiary/aromatic N) is 7. The van der Waals surface area contributed by atoms with Gasteiger partial charge in [0.2, 0.25) is 0 Å². The van der Waals surface area contributed by atoms with Gasteiger partial charge in [0.05, 0.1) is 28.0 Å². The molecule has 0 fully saturated rings. The van der Waals surface area contributed by atoms with Crippen LogP contribution in [0.2, 0.25) is 10.0 Å². The molecule has 5 aromatic rings. The van der Waals surface area contributed by atoms with Crippen molar-refractivity contribution >= 4 is 40.7 Å². The fourth-order valence-electron chi connectivity index (χ4n) is 4.62. The zero-order chi connectivity index (χ0) is 32.5. The number of aromatic nitrogens is 7. The van der Waals surface area contributed by atoms with E-state index < -0.39 is 23.8 Å². The highest BCUT2D eigenvalue weighted by Gasteiger charge is 2.37. The van der Waals surface area contributed by atoms with E-state index >= 15 is 0 Å². The first-order chi connectivity index (χ1) is 21.3. The van der Waals surface area contributed by atoms with Crippen LogP contribution < -0.4 is 10.6 Å². The van der Waals surface area contributed by atoms with Crippen molar-refractivity contribution in [1.29, 1.82) is 0 Å². The molecule has 2 N–H and O–H groups in total. The Balaban J connectivity index is 1.49. The van der Waals surface area contributed by atoms with E-state index in [2.05, 4.69) is 36.1 Å². The van der Waals surface area contributed by atoms with E-state index in [-0.39, 0.29) is 51.1 Å². The minimum absolute atomic E-state index is 0.0796. The first-order valence-corrected chi connectivity index (χ1v) is 14.1. The molecule has 3 heterocycles. The molecule has 5 rings (SSSR count). The van der Waals surface area contributed by atoms with Crippen molar-refractivity contribution in [2.24, 2.45) is 0 Å². The maximum absolute atomic E-state index is 13.8. The number of amides is 2. The third kappa shape index (κ3) is 6.97. The van der Waals surface area contributed by atoms with Gasteiger partial charge in [-0.2, -0.15) is 23.1 Å². The Bertz CT molecular complexity index is 1910. The zero-order valence-electron chi connectivity index (χ0n) is 23.9. The Morgan fingerprint density at radius 1 is 0.978 bits per heavy atom. The fraction of sp³-hybridized carbons (Fsp3) is 0.207. The molecule has 0 bridgehead atoms. The third-order valence-corrected chi connectivity index (χ3v) is 7.24. The molecule has 0 aliphatic rings. The van der Waals surface area contributed by atoms with Gasteiger partial charge >= 0.3 is 6.18 Å². The number of anilines is 1. The lowest BCUT2D eigenvalue weighted by molar-refractivity contribution is -0.145. The van der Waals surface area contributed by atoms with Crippen LogP contribution in [0.4, 0.5) is 18.9 Å². The molecule has 0 spiro atoms. The topological polar surface area (TPSA) is 133 Å². The molecule has 3 aromatic heterocycles. The highest BCUT2D eigenvalue weighted by Crippen LogP contribution is 2.29. The van der Waals surface area contributed by atoms with Gasteiger partial charge in [-0.05, 0) is 73.0 Å². The Labute approximate surface area is 264 Å². The van der Waals surface area contributed by atoms with Crippen LogP contribution in [0.3, 0.4) is 0 Å². The van der Waals surface area contributed by atoms with Crippen molar-refractivity contribution in [3.63, 3.8) is 0 Å². The number of carbonyl (C=O) groups is 2. The second kappa shape index (κ2) is 12.7. The van der Waals surface area contributed by atoms with Gasteiger partial charge in [0.25, 0.3) is 17.6 Å². The number of carbonyl (C=O) groups excluding carboxylic acids is 2. The zero-order valence-corrected chi connectivity index (χ0v) is 25.4. The molecule has 1 unspecified atom stereocenters. The van der Waals surface area contributed by atoms with Crippen LogP contribution in [0.15, 0.2) is 60.8 Å². The van der Waals surface area contributed by atoms with E-state index in [9.17, 15) is 22.8 Å². The summed E-state index contributed by atoms with van der Waals surface area (Å²) in [6.45, 7) is 5.10. The molecular weight excluding hydrogens is 634 g/mol. The number of hydrogen-bond donors (Lipinski definition) is 2. The Kier molecular flexibility index (Phi) is 8.89. The molecule has 0 radical (unpaired) electrons. The highest BCUT2D eigenvalue weighted by molar-refractivity contribution is 6.32. The summed E-state index contributed by atoms with van der Waals surface area (Å²) < 4.78 is 40.1. The number of halogens is 5. The minimum Gasteiger partial charge on any atom is -0.345 e. The van der Waals surface area contributed by atoms with E-state index in [1.165, 1.54) is 24.4 Å². The van der Waals surface area contributed by atoms with E-state index in [1.807, 2.05) is 38.1 Å². The monoisotopic (exact) mass is 657 g/mol. The normalized spacial score (nSPS) is 12.2. The number of hydrogen-bond acceptors (Lipinski definition) is 7. The second-order valence-electron chi connectivity index (χ2n) is 10.0. The van der Waals surface area contributed by atoms with Gasteiger partial charge in [-0.3, -0.25) is 9.59 Å². The standard InChI is InChI=1S/C29H24Cl2F3N9O2/c1-15-7-4-5-8-20(15)17(3)36-26(44)21-12-18(30)11-16(2)24(21)37-27(45)23-13-19(14-42-40-28(38-41-42)29(32,33)34)39-43(23)25-22(31)9-6-10-35-25/h4-13,17H,14H2,1-3H3,(H,36,44)(H,37,45). The smallest absolute Gasteiger partial charge is 0.345 e. The van der Waals surface area contributed by atoms with Gasteiger partial charge in [0, 0.05) is 11.2 Å². The third-order valence-electron chi connectivity index (χ3n) is 6.73. The second-order valence-corrected chi connectivity index (χ2v) is 10.9. The molecule has 11 nitrogen and oxygen atoms in total. The number of aryl methyl sites for hydroxylation is 2. The van der Waals surface area contributed by atoms with Crippen LogP contribution >= 0.6 is 23.2 Å². The molecule has 0 saturated carbocycles. The summed E-state index contributed by atoms with van der Waals surface area (Å²) in [5, 5.41) is 20.3. The van der Waals surface area contributed by atoms with Crippen molar-refractivity contribution < 1.29 is 22.8 Å². The molecule has 16 heteroatoms. The quantitative estimate of drug-likeness (QED) is 0.209. The molecule has 232 valence electrons. The van der Waals surface area contributed by atoms with Crippen molar-refractivity contribution in [3.05, 3.63) is 110 Å². The summed E-state index contributed by atoms with van der Waals surface area (Å²) in [7, 11) is 0. The maximum atomic E-state index is 13.8. The largest absolute Gasteiger partial charge is 0.455 e. The average molecular weight is 658 g/mol. The summed E-state index contributed by atoms with van der Waals surface area (Å²) in [5.41, 5.74) is 2.73. The van der Waals surface area contributed by atoms with Gasteiger partial charge in [-0.15, -0.1) is 10.2 Å². The van der Waals surface area contributed by atoms with Crippen molar-refractivity contribution in [2.75, 3.05) is 5.32 Å². The molecule has 45 heavy (non-hydrogen) atoms. The first-order valence-electron chi connectivity index (χ1n) is 13.3. The lowest BCUT2D eigenvalue weighted by Crippen LogP contribution is -2.29. The molecule has 2 amide bonds. The van der Waals surface area contributed by atoms with Crippen LogP contribution in [0.25, 0.3) is 5.82 Å². The Morgan fingerprint density at radius 3 is 2.42 bits per heavy atom. The van der Waals surface area contributed by atoms with Gasteiger partial charge in [-0.25, -0.2) is 9.67 Å². The lowest BCUT2D eigenvalue weighted by atomic mass is 10.0. The van der Waals surface area contributed by atoms with Crippen molar-refractivity contribution in [1.82, 2.24) is 40.3 Å². The van der Waals surface area contributed by atoms with Crippen LogP contribution in [-0.2, 0) is 12.7 Å². The molecule has 0 aliphatic carbocycles. The number of tetrazole rings is 1. The van der Waals surface area contributed by atoms with Crippen LogP contribution in [-0.4, -0.2) is 46.8 Å². The van der Waals surface area contributed by atoms with E-state index in [0.717, 1.165) is 15.8 Å². The van der Waals surface area contributed by atoms with Crippen LogP contribution in [0.1, 0.15) is 62.0 Å². The molecule has 2 aromatic carbocycles. The van der Waals surface area contributed by atoms with Gasteiger partial charge < -0.3 is 10.6 Å². The van der Waals surface area contributed by atoms with E-state index in [4.69, 9.17) is 23.2 Å². The van der Waals surface area contributed by atoms with Crippen molar-refractivity contribution in [2.45, 2.75) is 39.5 Å². The summed E-state index contributed by atoms with van der Waals surface area (Å²) in [6.07, 6.45) is -3.36. The Hall–Kier alpha value is -4.82. The summed E-state index contributed by atoms with van der Waals surface area (Å²) >= 11 is 12.7. The molecular formula is C29H24Cl2F3N9O2. The number of alkyl halides is 3. The predicted molar refractivity (Wildman–Crippen MR) is 159 cm³/mol. The van der Waals surface area contributed by atoms with Gasteiger partial charge in [-0.1, -0.05) is 47.5 Å². The lowest BCUT2D eigenvalue weighted by Gasteiger charge is -2.19. The summed E-state index contributed by atoms with van der Waals surface area (Å²) in [5.74, 6) is -2.54. The first kappa shape index (κ1) is 31.6. The van der Waals surface area contributed by atoms with Crippen molar-refractivity contribution in [3.8, 4) is 5.82 Å².